The molecule has 1 heterocycles. The molecule has 1 aromatic rings. The summed E-state index contributed by atoms with van der Waals surface area (Å²) in [6.07, 6.45) is 0. The first-order chi connectivity index (χ1) is 3.84. The van der Waals surface area contributed by atoms with Gasteiger partial charge >= 0.3 is 0 Å². The molecular weight excluding hydrogens is 124 g/mol. The molecule has 1 rings (SSSR count). The molecule has 0 spiro atoms. The second kappa shape index (κ2) is 1.76. The Balaban J connectivity index is 3.15. The number of anilines is 1. The molecule has 4 nitrogen and oxygen atoms in total. The third-order valence-corrected chi connectivity index (χ3v) is 1.17. The van der Waals surface area contributed by atoms with Gasteiger partial charge < -0.3 is 5.73 Å². The van der Waals surface area contributed by atoms with Gasteiger partial charge in [0, 0.05) is 11.5 Å². The van der Waals surface area contributed by atoms with Crippen LogP contribution in [0.4, 0.5) is 5.00 Å². The summed E-state index contributed by atoms with van der Waals surface area (Å²) in [5.41, 5.74) is 5.44. The molecule has 8 heavy (non-hydrogen) atoms. The molecule has 0 saturated heterocycles. The van der Waals surface area contributed by atoms with Crippen molar-refractivity contribution in [3.05, 3.63) is 5.69 Å². The summed E-state index contributed by atoms with van der Waals surface area (Å²) in [7, 11) is 0. The molecule has 0 atom stereocenters. The van der Waals surface area contributed by atoms with Crippen LogP contribution in [0.5, 0.6) is 0 Å². The second-order valence-corrected chi connectivity index (χ2v) is 1.88. The zero-order valence-electron chi connectivity index (χ0n) is 3.83. The highest BCUT2D eigenvalue weighted by molar-refractivity contribution is 7.09. The Bertz CT molecular complexity index is 221. The Morgan fingerprint density at radius 1 is 1.75 bits per heavy atom. The van der Waals surface area contributed by atoms with Crippen LogP contribution >= 0.6 is 11.5 Å². The Hall–Kier alpha value is -1.15. The number of rotatable bonds is 0. The molecule has 0 aliphatic carbocycles. The average molecular weight is 126 g/mol. The Kier molecular flexibility index (Phi) is 1.10. The Morgan fingerprint density at radius 3 is 2.75 bits per heavy atom. The van der Waals surface area contributed by atoms with Crippen molar-refractivity contribution in [2.45, 2.75) is 0 Å². The molecule has 0 unspecified atom stereocenters. The number of nitriles is 1. The van der Waals surface area contributed by atoms with E-state index in [1.54, 1.807) is 6.07 Å². The number of nitrogens with two attached hydrogens (primary N) is 1. The van der Waals surface area contributed by atoms with Gasteiger partial charge in [0.05, 0.1) is 0 Å². The van der Waals surface area contributed by atoms with Gasteiger partial charge in [-0.15, -0.1) is 5.10 Å². The van der Waals surface area contributed by atoms with Gasteiger partial charge in [-0.3, -0.25) is 0 Å². The third kappa shape index (κ3) is 0.611. The van der Waals surface area contributed by atoms with Crippen molar-refractivity contribution in [1.29, 1.82) is 5.26 Å². The van der Waals surface area contributed by atoms with Gasteiger partial charge in [-0.1, -0.05) is 4.49 Å². The Labute approximate surface area is 49.7 Å². The van der Waals surface area contributed by atoms with Crippen molar-refractivity contribution >= 4 is 16.5 Å². The summed E-state index contributed by atoms with van der Waals surface area (Å²) >= 11 is 1.02. The van der Waals surface area contributed by atoms with Crippen molar-refractivity contribution < 1.29 is 0 Å². The van der Waals surface area contributed by atoms with E-state index in [0.29, 0.717) is 5.00 Å². The first-order valence-electron chi connectivity index (χ1n) is 1.82. The molecule has 1 aromatic heterocycles. The zero-order chi connectivity index (χ0) is 5.98. The number of hydrogen-bond acceptors (Lipinski definition) is 5. The van der Waals surface area contributed by atoms with Gasteiger partial charge in [-0.2, -0.15) is 5.26 Å². The highest BCUT2D eigenvalue weighted by atomic mass is 32.1. The minimum Gasteiger partial charge on any atom is -0.387 e. The summed E-state index contributed by atoms with van der Waals surface area (Å²) in [5, 5.41) is 12.0. The van der Waals surface area contributed by atoms with Gasteiger partial charge in [-0.05, 0) is 0 Å². The van der Waals surface area contributed by atoms with Crippen LogP contribution in [0.1, 0.15) is 5.69 Å². The highest BCUT2D eigenvalue weighted by Crippen LogP contribution is 2.09. The molecule has 2 N–H and O–H groups in total. The van der Waals surface area contributed by atoms with Crippen molar-refractivity contribution in [1.82, 2.24) is 9.59 Å². The minimum atomic E-state index is 0.218. The molecule has 0 amide bonds. The minimum absolute atomic E-state index is 0.218. The first kappa shape index (κ1) is 5.00. The predicted octanol–water partition coefficient (Wildman–Crippen LogP) is -0.00802. The summed E-state index contributed by atoms with van der Waals surface area (Å²) in [5.74, 6) is 0. The van der Waals surface area contributed by atoms with Crippen LogP contribution in [-0.2, 0) is 0 Å². The van der Waals surface area contributed by atoms with E-state index in [4.69, 9.17) is 11.0 Å². The van der Waals surface area contributed by atoms with E-state index >= 15 is 0 Å². The van der Waals surface area contributed by atoms with Crippen LogP contribution in [0, 0.1) is 11.3 Å². The normalized spacial score (nSPS) is 8.38. The predicted molar refractivity (Wildman–Crippen MR) is 29.0 cm³/mol. The van der Waals surface area contributed by atoms with Gasteiger partial charge in [0.2, 0.25) is 0 Å². The molecule has 0 saturated carbocycles. The maximum atomic E-state index is 8.18. The molecule has 0 aliphatic heterocycles. The smallest absolute Gasteiger partial charge is 0.198 e. The standard InChI is InChI=1S/C3H2N4S/c4-1-2-3(5)8-7-6-2/h5H2. The van der Waals surface area contributed by atoms with Crippen molar-refractivity contribution in [2.24, 2.45) is 0 Å². The fourth-order valence-electron chi connectivity index (χ4n) is 0.275. The van der Waals surface area contributed by atoms with E-state index in [1.165, 1.54) is 0 Å². The SMILES string of the molecule is N#Cc1nnsc1N. The molecule has 0 radical (unpaired) electrons. The quantitative estimate of drug-likeness (QED) is 0.530. The fourth-order valence-corrected chi connectivity index (χ4v) is 0.659. The van der Waals surface area contributed by atoms with Gasteiger partial charge in [0.15, 0.2) is 5.69 Å². The van der Waals surface area contributed by atoms with Gasteiger partial charge in [0.25, 0.3) is 0 Å². The summed E-state index contributed by atoms with van der Waals surface area (Å²) in [6, 6.07) is 1.79. The Morgan fingerprint density at radius 2 is 2.50 bits per heavy atom. The monoisotopic (exact) mass is 126 g/mol. The maximum absolute atomic E-state index is 8.18. The van der Waals surface area contributed by atoms with E-state index in [1.807, 2.05) is 0 Å². The van der Waals surface area contributed by atoms with E-state index in [0.717, 1.165) is 11.5 Å². The maximum Gasteiger partial charge on any atom is 0.198 e. The average Bonchev–Trinajstić information content (AvgIpc) is 2.14. The fraction of sp³-hybridized carbons (Fsp3) is 0. The summed E-state index contributed by atoms with van der Waals surface area (Å²) in [4.78, 5) is 0. The molecular formula is C3H2N4S. The number of aromatic nitrogens is 2. The first-order valence-corrected chi connectivity index (χ1v) is 2.60. The number of hydrogen-bond donors (Lipinski definition) is 1. The van der Waals surface area contributed by atoms with Gasteiger partial charge in [0.1, 0.15) is 11.1 Å². The molecule has 0 fully saturated rings. The van der Waals surface area contributed by atoms with Crippen LogP contribution in [0.25, 0.3) is 0 Å². The largest absolute Gasteiger partial charge is 0.387 e. The molecule has 40 valence electrons. The van der Waals surface area contributed by atoms with Gasteiger partial charge in [-0.25, -0.2) is 0 Å². The topological polar surface area (TPSA) is 75.6 Å². The lowest BCUT2D eigenvalue weighted by molar-refractivity contribution is 1.13. The summed E-state index contributed by atoms with van der Waals surface area (Å²) in [6.45, 7) is 0. The molecule has 0 aliphatic rings. The lowest BCUT2D eigenvalue weighted by atomic mass is 10.5. The highest BCUT2D eigenvalue weighted by Gasteiger charge is 1.98. The third-order valence-electron chi connectivity index (χ3n) is 0.619. The summed E-state index contributed by atoms with van der Waals surface area (Å²) < 4.78 is 3.44. The van der Waals surface area contributed by atoms with E-state index in [-0.39, 0.29) is 5.69 Å². The van der Waals surface area contributed by atoms with Crippen molar-refractivity contribution in [3.8, 4) is 6.07 Å². The van der Waals surface area contributed by atoms with E-state index in [9.17, 15) is 0 Å². The lowest BCUT2D eigenvalue weighted by Crippen LogP contribution is -1.82. The lowest BCUT2D eigenvalue weighted by Gasteiger charge is -1.73. The number of nitrogens with zero attached hydrogens (tertiary/aromatic N) is 3. The molecule has 0 bridgehead atoms. The van der Waals surface area contributed by atoms with E-state index in [2.05, 4.69) is 9.59 Å². The van der Waals surface area contributed by atoms with Crippen LogP contribution in [-0.4, -0.2) is 9.59 Å². The van der Waals surface area contributed by atoms with Crippen molar-refractivity contribution in [2.75, 3.05) is 5.73 Å². The van der Waals surface area contributed by atoms with Crippen LogP contribution in [0.15, 0.2) is 0 Å². The molecule has 5 heteroatoms. The van der Waals surface area contributed by atoms with Crippen LogP contribution in [0.2, 0.25) is 0 Å². The van der Waals surface area contributed by atoms with Crippen molar-refractivity contribution in [3.63, 3.8) is 0 Å². The van der Waals surface area contributed by atoms with Crippen LogP contribution < -0.4 is 5.73 Å². The molecule has 0 aromatic carbocycles. The van der Waals surface area contributed by atoms with E-state index < -0.39 is 0 Å². The second-order valence-electron chi connectivity index (χ2n) is 1.10. The van der Waals surface area contributed by atoms with Crippen LogP contribution in [0.3, 0.4) is 0 Å². The zero-order valence-corrected chi connectivity index (χ0v) is 4.64. The number of nitrogen functional groups attached to an aromatic ring is 1.